The van der Waals surface area contributed by atoms with E-state index in [0.717, 1.165) is 17.5 Å². The molecule has 1 aromatic heterocycles. The van der Waals surface area contributed by atoms with Crippen LogP contribution in [0.1, 0.15) is 27.5 Å². The van der Waals surface area contributed by atoms with Crippen LogP contribution in [-0.4, -0.2) is 55.8 Å². The minimum Gasteiger partial charge on any atom is -0.462 e. The van der Waals surface area contributed by atoms with Gasteiger partial charge >= 0.3 is 12.1 Å². The van der Waals surface area contributed by atoms with Crippen molar-refractivity contribution >= 4 is 39.6 Å². The number of pyridine rings is 1. The van der Waals surface area contributed by atoms with Gasteiger partial charge in [0.1, 0.15) is 19.3 Å². The predicted molar refractivity (Wildman–Crippen MR) is 141 cm³/mol. The monoisotopic (exact) mass is 566 g/mol. The SMILES string of the molecule is O=C(NCCOC(=O)C1NCCc2ccccc21)OCCN(C(=O)c1cncc(Br)c1)c1ccccc1. The molecule has 0 spiro atoms. The van der Waals surface area contributed by atoms with E-state index in [1.807, 2.05) is 42.5 Å². The number of carbonyl (C=O) groups excluding carboxylic acids is 3. The highest BCUT2D eigenvalue weighted by atomic mass is 79.9. The fraction of sp³-hybridized carbons (Fsp3) is 0.259. The van der Waals surface area contributed by atoms with Crippen LogP contribution in [0.15, 0.2) is 77.5 Å². The quantitative estimate of drug-likeness (QED) is 0.300. The molecule has 1 atom stereocenters. The van der Waals surface area contributed by atoms with Gasteiger partial charge in [-0.05, 0) is 51.7 Å². The van der Waals surface area contributed by atoms with Gasteiger partial charge in [0.15, 0.2) is 0 Å². The lowest BCUT2D eigenvalue weighted by molar-refractivity contribution is -0.146. The summed E-state index contributed by atoms with van der Waals surface area (Å²) in [5, 5.41) is 5.74. The Kier molecular flexibility index (Phi) is 9.23. The van der Waals surface area contributed by atoms with Crippen molar-refractivity contribution in [2.45, 2.75) is 12.5 Å². The van der Waals surface area contributed by atoms with Gasteiger partial charge in [-0.25, -0.2) is 9.59 Å². The van der Waals surface area contributed by atoms with E-state index in [2.05, 4.69) is 31.5 Å². The molecule has 10 heteroatoms. The number of ether oxygens (including phenoxy) is 2. The summed E-state index contributed by atoms with van der Waals surface area (Å²) >= 11 is 3.33. The number of aromatic nitrogens is 1. The van der Waals surface area contributed by atoms with Gasteiger partial charge in [0, 0.05) is 29.1 Å². The number of rotatable bonds is 9. The van der Waals surface area contributed by atoms with Crippen LogP contribution < -0.4 is 15.5 Å². The molecule has 1 aliphatic heterocycles. The number of hydrogen-bond donors (Lipinski definition) is 2. The predicted octanol–water partition coefficient (Wildman–Crippen LogP) is 3.65. The second-order valence-electron chi connectivity index (χ2n) is 8.25. The largest absolute Gasteiger partial charge is 0.462 e. The first-order chi connectivity index (χ1) is 18.0. The smallest absolute Gasteiger partial charge is 0.407 e. The Morgan fingerprint density at radius 3 is 2.62 bits per heavy atom. The molecule has 2 aromatic carbocycles. The Morgan fingerprint density at radius 1 is 1.03 bits per heavy atom. The summed E-state index contributed by atoms with van der Waals surface area (Å²) in [5.41, 5.74) is 3.12. The molecule has 1 unspecified atom stereocenters. The van der Waals surface area contributed by atoms with Crippen molar-refractivity contribution in [2.24, 2.45) is 0 Å². The number of nitrogens with zero attached hydrogens (tertiary/aromatic N) is 2. The number of esters is 1. The summed E-state index contributed by atoms with van der Waals surface area (Å²) in [6, 6.07) is 18.1. The van der Waals surface area contributed by atoms with E-state index in [1.165, 1.54) is 11.1 Å². The lowest BCUT2D eigenvalue weighted by Crippen LogP contribution is -2.38. The average Bonchev–Trinajstić information content (AvgIpc) is 2.93. The van der Waals surface area contributed by atoms with Crippen LogP contribution in [-0.2, 0) is 20.7 Å². The molecule has 0 aliphatic carbocycles. The summed E-state index contributed by atoms with van der Waals surface area (Å²) in [5.74, 6) is -0.657. The molecule has 0 saturated carbocycles. The average molecular weight is 567 g/mol. The van der Waals surface area contributed by atoms with Crippen LogP contribution in [0.3, 0.4) is 0 Å². The van der Waals surface area contributed by atoms with E-state index in [-0.39, 0.29) is 38.2 Å². The summed E-state index contributed by atoms with van der Waals surface area (Å²) in [4.78, 5) is 43.4. The third kappa shape index (κ3) is 7.14. The number of hydrogen-bond acceptors (Lipinski definition) is 7. The summed E-state index contributed by atoms with van der Waals surface area (Å²) in [6.45, 7) is 0.922. The van der Waals surface area contributed by atoms with Crippen LogP contribution in [0.2, 0.25) is 0 Å². The van der Waals surface area contributed by atoms with Gasteiger partial charge in [0.2, 0.25) is 0 Å². The van der Waals surface area contributed by atoms with Crippen LogP contribution in [0, 0.1) is 0 Å². The molecular formula is C27H27BrN4O5. The molecule has 2 amide bonds. The van der Waals surface area contributed by atoms with Gasteiger partial charge in [-0.3, -0.25) is 9.78 Å². The maximum atomic E-state index is 13.1. The Morgan fingerprint density at radius 2 is 1.81 bits per heavy atom. The van der Waals surface area contributed by atoms with Crippen molar-refractivity contribution in [3.05, 3.63) is 94.2 Å². The number of amides is 2. The molecule has 9 nitrogen and oxygen atoms in total. The van der Waals surface area contributed by atoms with E-state index >= 15 is 0 Å². The Hall–Kier alpha value is -3.76. The molecule has 2 heterocycles. The van der Waals surface area contributed by atoms with Gasteiger partial charge in [-0.2, -0.15) is 0 Å². The van der Waals surface area contributed by atoms with Crippen LogP contribution in [0.5, 0.6) is 0 Å². The minimum atomic E-state index is -0.665. The molecule has 1 aliphatic rings. The number of anilines is 1. The van der Waals surface area contributed by atoms with Crippen molar-refractivity contribution in [2.75, 3.05) is 37.7 Å². The Labute approximate surface area is 223 Å². The lowest BCUT2D eigenvalue weighted by Gasteiger charge is -2.25. The summed E-state index contributed by atoms with van der Waals surface area (Å²) < 4.78 is 11.3. The number of nitrogens with one attached hydrogen (secondary N) is 2. The minimum absolute atomic E-state index is 0.0127. The zero-order valence-electron chi connectivity index (χ0n) is 20.1. The van der Waals surface area contributed by atoms with Crippen molar-refractivity contribution in [3.8, 4) is 0 Å². The topological polar surface area (TPSA) is 110 Å². The van der Waals surface area contributed by atoms with Gasteiger partial charge in [-0.15, -0.1) is 0 Å². The van der Waals surface area contributed by atoms with Gasteiger partial charge in [-0.1, -0.05) is 42.5 Å². The number of para-hydroxylation sites is 1. The molecule has 0 saturated heterocycles. The first kappa shape index (κ1) is 26.3. The van der Waals surface area contributed by atoms with Crippen molar-refractivity contribution < 1.29 is 23.9 Å². The highest BCUT2D eigenvalue weighted by Gasteiger charge is 2.27. The molecular weight excluding hydrogens is 540 g/mol. The normalized spacial score (nSPS) is 14.2. The van der Waals surface area contributed by atoms with E-state index in [0.29, 0.717) is 22.3 Å². The summed E-state index contributed by atoms with van der Waals surface area (Å²) in [6.07, 6.45) is 3.28. The fourth-order valence-corrected chi connectivity index (χ4v) is 4.39. The van der Waals surface area contributed by atoms with Crippen molar-refractivity contribution in [1.82, 2.24) is 15.6 Å². The van der Waals surface area contributed by atoms with E-state index in [4.69, 9.17) is 9.47 Å². The second kappa shape index (κ2) is 13.0. The van der Waals surface area contributed by atoms with Crippen LogP contribution in [0.4, 0.5) is 10.5 Å². The van der Waals surface area contributed by atoms with Gasteiger partial charge < -0.3 is 25.0 Å². The standard InChI is InChI=1S/C27H27BrN4O5/c28-21-16-20(17-29-18-21)25(33)32(22-7-2-1-3-8-22)13-15-37-27(35)31-12-14-36-26(34)24-23-9-5-4-6-19(23)10-11-30-24/h1-9,16-18,24,30H,10-15H2,(H,31,35). The number of halogens is 1. The highest BCUT2D eigenvalue weighted by Crippen LogP contribution is 2.23. The van der Waals surface area contributed by atoms with E-state index < -0.39 is 12.1 Å². The number of benzene rings is 2. The number of fused-ring (bicyclic) bond motifs is 1. The lowest BCUT2D eigenvalue weighted by atomic mass is 9.94. The molecule has 37 heavy (non-hydrogen) atoms. The third-order valence-corrected chi connectivity index (χ3v) is 6.21. The van der Waals surface area contributed by atoms with Crippen molar-refractivity contribution in [3.63, 3.8) is 0 Å². The second-order valence-corrected chi connectivity index (χ2v) is 9.17. The maximum Gasteiger partial charge on any atom is 0.407 e. The summed E-state index contributed by atoms with van der Waals surface area (Å²) in [7, 11) is 0. The molecule has 192 valence electrons. The molecule has 0 radical (unpaired) electrons. The van der Waals surface area contributed by atoms with Crippen LogP contribution in [0.25, 0.3) is 0 Å². The molecule has 0 bridgehead atoms. The Bertz CT molecular complexity index is 1240. The molecule has 4 rings (SSSR count). The molecule has 0 fully saturated rings. The van der Waals surface area contributed by atoms with E-state index in [1.54, 1.807) is 24.4 Å². The first-order valence-corrected chi connectivity index (χ1v) is 12.7. The van der Waals surface area contributed by atoms with Crippen molar-refractivity contribution in [1.29, 1.82) is 0 Å². The van der Waals surface area contributed by atoms with Crippen LogP contribution >= 0.6 is 15.9 Å². The Balaban J connectivity index is 1.23. The zero-order valence-corrected chi connectivity index (χ0v) is 21.6. The maximum absolute atomic E-state index is 13.1. The van der Waals surface area contributed by atoms with Gasteiger partial charge in [0.05, 0.1) is 18.7 Å². The highest BCUT2D eigenvalue weighted by molar-refractivity contribution is 9.10. The van der Waals surface area contributed by atoms with E-state index in [9.17, 15) is 14.4 Å². The van der Waals surface area contributed by atoms with Gasteiger partial charge in [0.25, 0.3) is 5.91 Å². The third-order valence-electron chi connectivity index (χ3n) is 5.77. The number of carbonyl (C=O) groups is 3. The molecule has 3 aromatic rings. The fourth-order valence-electron chi connectivity index (χ4n) is 4.02. The molecule has 2 N–H and O–H groups in total. The zero-order chi connectivity index (χ0) is 26.0. The first-order valence-electron chi connectivity index (χ1n) is 11.9. The number of alkyl carbamates (subject to hydrolysis) is 1.